The van der Waals surface area contributed by atoms with Crippen LogP contribution >= 0.6 is 0 Å². The van der Waals surface area contributed by atoms with Gasteiger partial charge in [-0.05, 0) is 52.0 Å². The normalized spacial score (nSPS) is 17.4. The van der Waals surface area contributed by atoms with Gasteiger partial charge in [-0.2, -0.15) is 18.3 Å². The second-order valence-corrected chi connectivity index (χ2v) is 10.2. The molecule has 0 radical (unpaired) electrons. The maximum atomic E-state index is 14.3. The number of carbonyl (C=O) groups excluding carboxylic acids is 1. The van der Waals surface area contributed by atoms with E-state index in [1.165, 1.54) is 20.2 Å². The van der Waals surface area contributed by atoms with Crippen LogP contribution in [0.15, 0.2) is 34.9 Å². The smallest absolute Gasteiger partial charge is 0.433 e. The maximum absolute atomic E-state index is 14.3. The van der Waals surface area contributed by atoms with Crippen molar-refractivity contribution in [1.29, 1.82) is 0 Å². The molecule has 4 heterocycles. The van der Waals surface area contributed by atoms with Gasteiger partial charge in [0, 0.05) is 43.7 Å². The Morgan fingerprint density at radius 3 is 2.40 bits per heavy atom. The molecule has 4 aromatic rings. The molecule has 1 aliphatic rings. The van der Waals surface area contributed by atoms with Gasteiger partial charge < -0.3 is 14.1 Å². The number of ether oxygens (including phenoxy) is 1. The van der Waals surface area contributed by atoms with E-state index in [1.54, 1.807) is 36.1 Å². The number of hydrogen-bond donors (Lipinski definition) is 0. The molecule has 0 aliphatic carbocycles. The van der Waals surface area contributed by atoms with Crippen LogP contribution in [0.5, 0.6) is 5.75 Å². The lowest BCUT2D eigenvalue weighted by atomic mass is 10.0. The van der Waals surface area contributed by atoms with Gasteiger partial charge in [0.2, 0.25) is 0 Å². The van der Waals surface area contributed by atoms with Crippen LogP contribution in [-0.4, -0.2) is 68.1 Å². The first-order valence-electron chi connectivity index (χ1n) is 13.0. The van der Waals surface area contributed by atoms with Gasteiger partial charge in [0.05, 0.1) is 30.7 Å². The topological polar surface area (TPSA) is 89.0 Å². The predicted octanol–water partition coefficient (Wildman–Crippen LogP) is 5.24. The van der Waals surface area contributed by atoms with Gasteiger partial charge in [0.15, 0.2) is 17.2 Å². The highest BCUT2D eigenvalue weighted by molar-refractivity contribution is 6.00. The number of methoxy groups -OCH3 is 1. The zero-order valence-corrected chi connectivity index (χ0v) is 23.2. The number of benzene rings is 1. The van der Waals surface area contributed by atoms with E-state index in [0.717, 1.165) is 16.0 Å². The van der Waals surface area contributed by atoms with Gasteiger partial charge in [-0.25, -0.2) is 14.5 Å². The van der Waals surface area contributed by atoms with Crippen LogP contribution < -0.4 is 4.74 Å². The summed E-state index contributed by atoms with van der Waals surface area (Å²) in [6.45, 7) is 10.5. The fourth-order valence-corrected chi connectivity index (χ4v) is 5.48. The van der Waals surface area contributed by atoms with Crippen LogP contribution in [0.2, 0.25) is 0 Å². The number of hydrogen-bond acceptors (Lipinski definition) is 7. The number of carbonyl (C=O) groups is 1. The van der Waals surface area contributed by atoms with Crippen LogP contribution in [0.1, 0.15) is 58.8 Å². The summed E-state index contributed by atoms with van der Waals surface area (Å²) in [5, 5.41) is 3.98. The number of piperazine rings is 1. The Morgan fingerprint density at radius 2 is 1.82 bits per heavy atom. The third-order valence-corrected chi connectivity index (χ3v) is 7.53. The SMILES string of the molecule is COc1ccc(-c2nc3c(C(=O)N4CCN([C@@H](C)c5oc(C)nc5C)C[C@H]4C)cnn3c(C(F)(F)F)c2C)cc1. The van der Waals surface area contributed by atoms with Crippen molar-refractivity contribution < 1.29 is 27.1 Å². The Kier molecular flexibility index (Phi) is 7.07. The molecule has 0 saturated carbocycles. The molecule has 212 valence electrons. The molecule has 0 N–H and O–H groups in total. The quantitative estimate of drug-likeness (QED) is 0.332. The van der Waals surface area contributed by atoms with Crippen LogP contribution in [-0.2, 0) is 6.18 Å². The molecule has 1 aromatic carbocycles. The average Bonchev–Trinajstić information content (AvgIpc) is 3.48. The number of amides is 1. The minimum absolute atomic E-state index is 0.0234. The Hall–Kier alpha value is -3.93. The molecule has 5 rings (SSSR count). The summed E-state index contributed by atoms with van der Waals surface area (Å²) in [4.78, 5) is 26.5. The third-order valence-electron chi connectivity index (χ3n) is 7.53. The predicted molar refractivity (Wildman–Crippen MR) is 141 cm³/mol. The molecule has 3 aromatic heterocycles. The van der Waals surface area contributed by atoms with Gasteiger partial charge >= 0.3 is 6.18 Å². The number of nitrogens with zero attached hydrogens (tertiary/aromatic N) is 6. The van der Waals surface area contributed by atoms with Gasteiger partial charge in [-0.15, -0.1) is 0 Å². The van der Waals surface area contributed by atoms with E-state index in [1.807, 2.05) is 20.8 Å². The molecule has 2 atom stereocenters. The van der Waals surface area contributed by atoms with Gasteiger partial charge in [-0.3, -0.25) is 9.69 Å². The van der Waals surface area contributed by atoms with Crippen LogP contribution in [0.25, 0.3) is 16.9 Å². The van der Waals surface area contributed by atoms with Crippen molar-refractivity contribution in [2.75, 3.05) is 26.7 Å². The number of alkyl halides is 3. The summed E-state index contributed by atoms with van der Waals surface area (Å²) in [5.41, 5.74) is 0.269. The lowest BCUT2D eigenvalue weighted by Gasteiger charge is -2.41. The summed E-state index contributed by atoms with van der Waals surface area (Å²) in [6, 6.07) is 6.34. The van der Waals surface area contributed by atoms with Crippen molar-refractivity contribution in [1.82, 2.24) is 29.4 Å². The Balaban J connectivity index is 1.49. The largest absolute Gasteiger partial charge is 0.497 e. The first kappa shape index (κ1) is 27.6. The van der Waals surface area contributed by atoms with Crippen molar-refractivity contribution in [3.05, 3.63) is 64.6 Å². The fourth-order valence-electron chi connectivity index (χ4n) is 5.48. The third kappa shape index (κ3) is 4.80. The van der Waals surface area contributed by atoms with Gasteiger partial charge in [-0.1, -0.05) is 0 Å². The number of halogens is 3. The van der Waals surface area contributed by atoms with Gasteiger partial charge in [0.25, 0.3) is 5.91 Å². The average molecular weight is 557 g/mol. The van der Waals surface area contributed by atoms with E-state index in [9.17, 15) is 18.0 Å². The molecule has 1 aliphatic heterocycles. The van der Waals surface area contributed by atoms with Crippen molar-refractivity contribution >= 4 is 11.6 Å². The fraction of sp³-hybridized carbons (Fsp3) is 0.429. The monoisotopic (exact) mass is 556 g/mol. The molecule has 40 heavy (non-hydrogen) atoms. The number of fused-ring (bicyclic) bond motifs is 1. The molecule has 0 unspecified atom stereocenters. The molecule has 1 amide bonds. The molecular formula is C28H31F3N6O3. The highest BCUT2D eigenvalue weighted by Crippen LogP contribution is 2.37. The lowest BCUT2D eigenvalue weighted by Crippen LogP contribution is -2.54. The first-order chi connectivity index (χ1) is 18.9. The van der Waals surface area contributed by atoms with Crippen LogP contribution in [0.3, 0.4) is 0 Å². The molecule has 0 bridgehead atoms. The van der Waals surface area contributed by atoms with Crippen molar-refractivity contribution in [2.24, 2.45) is 0 Å². The molecular weight excluding hydrogens is 525 g/mol. The minimum Gasteiger partial charge on any atom is -0.497 e. The number of aryl methyl sites for hydroxylation is 2. The van der Waals surface area contributed by atoms with Crippen LogP contribution in [0, 0.1) is 20.8 Å². The lowest BCUT2D eigenvalue weighted by molar-refractivity contribution is -0.143. The molecule has 12 heteroatoms. The highest BCUT2D eigenvalue weighted by atomic mass is 19.4. The molecule has 1 fully saturated rings. The maximum Gasteiger partial charge on any atom is 0.433 e. The summed E-state index contributed by atoms with van der Waals surface area (Å²) in [7, 11) is 1.51. The number of rotatable bonds is 5. The van der Waals surface area contributed by atoms with E-state index in [-0.39, 0.29) is 34.6 Å². The molecule has 0 spiro atoms. The summed E-state index contributed by atoms with van der Waals surface area (Å²) in [6.07, 6.45) is -3.54. The Morgan fingerprint density at radius 1 is 1.12 bits per heavy atom. The second-order valence-electron chi connectivity index (χ2n) is 10.2. The Bertz CT molecular complexity index is 1560. The Labute approximate surface area is 229 Å². The van der Waals surface area contributed by atoms with Crippen molar-refractivity contribution in [3.63, 3.8) is 0 Å². The van der Waals surface area contributed by atoms with Crippen LogP contribution in [0.4, 0.5) is 13.2 Å². The number of oxazole rings is 1. The molecule has 1 saturated heterocycles. The van der Waals surface area contributed by atoms with Crippen molar-refractivity contribution in [2.45, 2.75) is 52.9 Å². The summed E-state index contributed by atoms with van der Waals surface area (Å²) >= 11 is 0. The van der Waals surface area contributed by atoms with E-state index < -0.39 is 17.8 Å². The van der Waals surface area contributed by atoms with E-state index >= 15 is 0 Å². The van der Waals surface area contributed by atoms with Crippen molar-refractivity contribution in [3.8, 4) is 17.0 Å². The highest BCUT2D eigenvalue weighted by Gasteiger charge is 2.39. The number of aromatic nitrogens is 4. The van der Waals surface area contributed by atoms with E-state index in [0.29, 0.717) is 36.8 Å². The summed E-state index contributed by atoms with van der Waals surface area (Å²) < 4.78 is 54.6. The van der Waals surface area contributed by atoms with E-state index in [4.69, 9.17) is 9.15 Å². The standard InChI is InChI=1S/C28H31F3N6O3/c1-15-14-35(18(4)24-17(3)33-19(5)40-24)11-12-36(15)27(38)22-13-32-37-25(28(29,30)31)16(2)23(34-26(22)37)20-7-9-21(39-6)10-8-20/h7-10,13,15,18H,11-12,14H2,1-6H3/t15-,18+/m1/s1. The second kappa shape index (κ2) is 10.2. The zero-order valence-electron chi connectivity index (χ0n) is 23.2. The minimum atomic E-state index is -4.72. The van der Waals surface area contributed by atoms with Gasteiger partial charge in [0.1, 0.15) is 17.1 Å². The van der Waals surface area contributed by atoms with E-state index in [2.05, 4.69) is 20.0 Å². The molecule has 9 nitrogen and oxygen atoms in total. The summed E-state index contributed by atoms with van der Waals surface area (Å²) in [5.74, 6) is 1.54. The zero-order chi connectivity index (χ0) is 28.9. The first-order valence-corrected chi connectivity index (χ1v) is 13.0.